The summed E-state index contributed by atoms with van der Waals surface area (Å²) in [5, 5.41) is 21.8. The molecule has 4 fully saturated rings. The Labute approximate surface area is 208 Å². The van der Waals surface area contributed by atoms with E-state index in [0.29, 0.717) is 22.5 Å². The Balaban J connectivity index is 1.39. The van der Waals surface area contributed by atoms with Crippen LogP contribution >= 0.6 is 0 Å². The number of aliphatic hydroxyl groups is 1. The van der Waals surface area contributed by atoms with Crippen molar-refractivity contribution in [3.63, 3.8) is 0 Å². The van der Waals surface area contributed by atoms with Crippen molar-refractivity contribution in [1.29, 1.82) is 0 Å². The third-order valence-corrected chi connectivity index (χ3v) is 11.9. The lowest BCUT2D eigenvalue weighted by molar-refractivity contribution is -0.134. The zero-order valence-corrected chi connectivity index (χ0v) is 22.3. The third kappa shape index (κ3) is 3.71. The number of likely N-dealkylation sites (N-methyl/N-ethyl adjacent to an activating group) is 1. The number of anilines is 1. The number of hydrogen-bond acceptors (Lipinski definition) is 3. The van der Waals surface area contributed by atoms with Crippen molar-refractivity contribution in [3.05, 3.63) is 24.3 Å². The van der Waals surface area contributed by atoms with E-state index < -0.39 is 0 Å². The van der Waals surface area contributed by atoms with Crippen molar-refractivity contribution >= 4 is 5.69 Å². The van der Waals surface area contributed by atoms with Crippen LogP contribution in [0.1, 0.15) is 91.9 Å². The summed E-state index contributed by atoms with van der Waals surface area (Å²) in [7, 11) is 2.07. The monoisotopic (exact) mass is 467 g/mol. The highest BCUT2D eigenvalue weighted by molar-refractivity contribution is 5.58. The van der Waals surface area contributed by atoms with Gasteiger partial charge in [-0.2, -0.15) is 0 Å². The Morgan fingerprint density at radius 3 is 2.50 bits per heavy atom. The maximum atomic E-state index is 11.3. The summed E-state index contributed by atoms with van der Waals surface area (Å²) in [4.78, 5) is 2.18. The minimum atomic E-state index is -0.321. The minimum Gasteiger partial charge on any atom is -0.506 e. The van der Waals surface area contributed by atoms with Gasteiger partial charge in [-0.3, -0.25) is 0 Å². The molecule has 3 nitrogen and oxygen atoms in total. The van der Waals surface area contributed by atoms with Gasteiger partial charge in [0.1, 0.15) is 5.75 Å². The summed E-state index contributed by atoms with van der Waals surface area (Å²) in [6.45, 7) is 10.1. The molecule has 34 heavy (non-hydrogen) atoms. The van der Waals surface area contributed by atoms with Crippen molar-refractivity contribution in [2.24, 2.45) is 46.3 Å². The van der Waals surface area contributed by atoms with Crippen LogP contribution in [0.5, 0.6) is 5.75 Å². The lowest BCUT2D eigenvalue weighted by Crippen LogP contribution is -2.59. The minimum absolute atomic E-state index is 0.0718. The predicted molar refractivity (Wildman–Crippen MR) is 141 cm³/mol. The van der Waals surface area contributed by atoms with Crippen LogP contribution in [0, 0.1) is 46.3 Å². The molecule has 0 saturated heterocycles. The molecule has 0 heterocycles. The molecule has 2 N–H and O–H groups in total. The van der Waals surface area contributed by atoms with Crippen molar-refractivity contribution in [2.75, 3.05) is 11.9 Å². The molecule has 4 aliphatic rings. The molecule has 3 heteroatoms. The van der Waals surface area contributed by atoms with Crippen molar-refractivity contribution in [2.45, 2.75) is 104 Å². The number of aromatic hydroxyl groups is 1. The number of hydrogen-bond donors (Lipinski definition) is 2. The fourth-order valence-corrected chi connectivity index (χ4v) is 10.2. The Hall–Kier alpha value is -1.22. The molecule has 0 aliphatic heterocycles. The second-order valence-corrected chi connectivity index (χ2v) is 13.3. The van der Waals surface area contributed by atoms with Gasteiger partial charge in [0.05, 0.1) is 17.8 Å². The van der Waals surface area contributed by atoms with Crippen molar-refractivity contribution < 1.29 is 10.2 Å². The molecule has 0 amide bonds. The number of nitrogens with zero attached hydrogens (tertiary/aromatic N) is 1. The van der Waals surface area contributed by atoms with Crippen LogP contribution in [0.4, 0.5) is 5.69 Å². The zero-order valence-electron chi connectivity index (χ0n) is 22.3. The molecule has 4 saturated carbocycles. The molecule has 190 valence electrons. The topological polar surface area (TPSA) is 43.7 Å². The van der Waals surface area contributed by atoms with E-state index in [1.54, 1.807) is 6.07 Å². The summed E-state index contributed by atoms with van der Waals surface area (Å²) in [5.74, 6) is 5.29. The number of rotatable bonds is 5. The highest BCUT2D eigenvalue weighted by atomic mass is 16.3. The van der Waals surface area contributed by atoms with Crippen LogP contribution in [-0.4, -0.2) is 29.4 Å². The van der Waals surface area contributed by atoms with Crippen LogP contribution in [0.2, 0.25) is 0 Å². The lowest BCUT2D eigenvalue weighted by atomic mass is 9.44. The number of fused-ring (bicyclic) bond motifs is 5. The normalized spacial score (nSPS) is 44.6. The van der Waals surface area contributed by atoms with Crippen LogP contribution in [0.15, 0.2) is 24.3 Å². The van der Waals surface area contributed by atoms with Crippen LogP contribution in [-0.2, 0) is 0 Å². The standard InChI is InChI=1S/C31H49NO2/c1-6-9-20(2)23-14-15-24-22-13-12-21-18-29(34)27(32(5)26-10-7-8-11-28(26)33)19-31(21,4)25(22)16-17-30(23,24)3/h7-8,10-11,20-25,27,29,33-34H,6,9,12-19H2,1-5H3/t20?,21?,22-,23+,24-,25-,27+,29-,30+,31-/m0/s1. The fourth-order valence-electron chi connectivity index (χ4n) is 10.2. The second-order valence-electron chi connectivity index (χ2n) is 13.3. The van der Waals surface area contributed by atoms with Gasteiger partial charge in [-0.25, -0.2) is 0 Å². The van der Waals surface area contributed by atoms with Gasteiger partial charge in [0.2, 0.25) is 0 Å². The Kier molecular flexibility index (Phi) is 6.49. The quantitative estimate of drug-likeness (QED) is 0.479. The highest BCUT2D eigenvalue weighted by Gasteiger charge is 2.61. The summed E-state index contributed by atoms with van der Waals surface area (Å²) in [5.41, 5.74) is 1.68. The number of aliphatic hydroxyl groups excluding tert-OH is 1. The predicted octanol–water partition coefficient (Wildman–Crippen LogP) is 7.26. The Bertz CT molecular complexity index is 871. The van der Waals surface area contributed by atoms with E-state index in [-0.39, 0.29) is 12.1 Å². The molecule has 1 aromatic rings. The van der Waals surface area contributed by atoms with Crippen LogP contribution in [0.25, 0.3) is 0 Å². The van der Waals surface area contributed by atoms with E-state index in [9.17, 15) is 10.2 Å². The molecule has 0 aromatic heterocycles. The summed E-state index contributed by atoms with van der Waals surface area (Å²) in [6.07, 6.45) is 12.7. The molecule has 5 rings (SSSR count). The van der Waals surface area contributed by atoms with Gasteiger partial charge < -0.3 is 15.1 Å². The van der Waals surface area contributed by atoms with Crippen LogP contribution in [0.3, 0.4) is 0 Å². The fraction of sp³-hybridized carbons (Fsp3) is 0.806. The average molecular weight is 468 g/mol. The van der Waals surface area contributed by atoms with Gasteiger partial charge in [-0.05, 0) is 110 Å². The maximum Gasteiger partial charge on any atom is 0.138 e. The molecular formula is C31H49NO2. The first kappa shape index (κ1) is 24.5. The average Bonchev–Trinajstić information content (AvgIpc) is 3.16. The first-order valence-electron chi connectivity index (χ1n) is 14.4. The van der Waals surface area contributed by atoms with Gasteiger partial charge in [0.15, 0.2) is 0 Å². The smallest absolute Gasteiger partial charge is 0.138 e. The van der Waals surface area contributed by atoms with E-state index >= 15 is 0 Å². The summed E-state index contributed by atoms with van der Waals surface area (Å²) in [6, 6.07) is 7.69. The van der Waals surface area contributed by atoms with Gasteiger partial charge in [0, 0.05) is 7.05 Å². The number of phenolic OH excluding ortho intramolecular Hbond substituents is 1. The lowest BCUT2D eigenvalue weighted by Gasteiger charge is -2.62. The molecule has 10 atom stereocenters. The third-order valence-electron chi connectivity index (χ3n) is 11.9. The van der Waals surface area contributed by atoms with Crippen molar-refractivity contribution in [3.8, 4) is 5.75 Å². The largest absolute Gasteiger partial charge is 0.506 e. The second kappa shape index (κ2) is 9.02. The zero-order chi connectivity index (χ0) is 24.3. The molecule has 0 spiro atoms. The Morgan fingerprint density at radius 2 is 1.76 bits per heavy atom. The SMILES string of the molecule is CCCC(C)[C@H]1CC[C@H]2[C@@H]3CCC4C[C@H](O)[C@H](N(C)c5ccccc5O)C[C@]4(C)[C@H]3CC[C@]12C. The Morgan fingerprint density at radius 1 is 1.03 bits per heavy atom. The van der Waals surface area contributed by atoms with Crippen molar-refractivity contribution in [1.82, 2.24) is 0 Å². The molecular weight excluding hydrogens is 418 g/mol. The first-order chi connectivity index (χ1) is 16.2. The number of phenols is 1. The maximum absolute atomic E-state index is 11.3. The number of para-hydroxylation sites is 2. The summed E-state index contributed by atoms with van der Waals surface area (Å²) >= 11 is 0. The molecule has 2 unspecified atom stereocenters. The first-order valence-corrected chi connectivity index (χ1v) is 14.4. The number of benzene rings is 1. The van der Waals surface area contributed by atoms with Gasteiger partial charge in [-0.1, -0.05) is 52.7 Å². The summed E-state index contributed by atoms with van der Waals surface area (Å²) < 4.78 is 0. The van der Waals surface area contributed by atoms with Gasteiger partial charge in [0.25, 0.3) is 0 Å². The molecule has 0 radical (unpaired) electrons. The van der Waals surface area contributed by atoms with Gasteiger partial charge >= 0.3 is 0 Å². The van der Waals surface area contributed by atoms with Gasteiger partial charge in [-0.15, -0.1) is 0 Å². The highest BCUT2D eigenvalue weighted by Crippen LogP contribution is 2.68. The van der Waals surface area contributed by atoms with E-state index in [0.717, 1.165) is 48.1 Å². The van der Waals surface area contributed by atoms with Crippen LogP contribution < -0.4 is 4.90 Å². The van der Waals surface area contributed by atoms with E-state index in [4.69, 9.17) is 0 Å². The van der Waals surface area contributed by atoms with E-state index in [2.05, 4.69) is 39.6 Å². The van der Waals surface area contributed by atoms with E-state index in [1.165, 1.54) is 51.4 Å². The van der Waals surface area contributed by atoms with E-state index in [1.807, 2.05) is 18.2 Å². The molecule has 1 aromatic carbocycles. The molecule has 4 aliphatic carbocycles. The molecule has 0 bridgehead atoms.